The molecule has 1 radical (unpaired) electrons. The zero-order valence-electron chi connectivity index (χ0n) is 7.84. The third kappa shape index (κ3) is 2.32. The molecular formula is C12H7N2O. The lowest BCUT2D eigenvalue weighted by atomic mass is 10.3. The number of pyridine rings is 1. The molecule has 1 aromatic carbocycles. The molecule has 0 saturated heterocycles. The second-order valence-electron chi connectivity index (χ2n) is 2.84. The Morgan fingerprint density at radius 3 is 3.07 bits per heavy atom. The van der Waals surface area contributed by atoms with Gasteiger partial charge < -0.3 is 4.74 Å². The van der Waals surface area contributed by atoms with Crippen LogP contribution in [0.15, 0.2) is 42.6 Å². The van der Waals surface area contributed by atoms with Crippen molar-refractivity contribution in [3.05, 3.63) is 54.2 Å². The number of nitriles is 1. The van der Waals surface area contributed by atoms with Crippen LogP contribution in [-0.2, 0) is 0 Å². The number of ether oxygens (including phenoxy) is 1. The summed E-state index contributed by atoms with van der Waals surface area (Å²) in [5.74, 6) is 1.06. The third-order valence-corrected chi connectivity index (χ3v) is 1.76. The van der Waals surface area contributed by atoms with Gasteiger partial charge in [-0.25, -0.2) is 4.98 Å². The molecule has 0 amide bonds. The predicted octanol–water partition coefficient (Wildman–Crippen LogP) is 2.55. The largest absolute Gasteiger partial charge is 0.439 e. The molecule has 0 spiro atoms. The first kappa shape index (κ1) is 9.22. The lowest BCUT2D eigenvalue weighted by molar-refractivity contribution is 0.462. The fourth-order valence-corrected chi connectivity index (χ4v) is 1.10. The second-order valence-corrected chi connectivity index (χ2v) is 2.84. The van der Waals surface area contributed by atoms with E-state index >= 15 is 0 Å². The standard InChI is InChI=1S/C12H7N2O/c13-9-10-6-7-14-12(8-10)15-11-4-2-1-3-5-11/h1-2,4-8H. The summed E-state index contributed by atoms with van der Waals surface area (Å²) in [6.07, 6.45) is 1.54. The summed E-state index contributed by atoms with van der Waals surface area (Å²) in [6, 6.07) is 15.3. The van der Waals surface area contributed by atoms with Crippen molar-refractivity contribution >= 4 is 0 Å². The molecule has 3 heteroatoms. The van der Waals surface area contributed by atoms with E-state index in [1.807, 2.05) is 12.1 Å². The van der Waals surface area contributed by atoms with Crippen LogP contribution in [0.1, 0.15) is 5.56 Å². The van der Waals surface area contributed by atoms with Crippen molar-refractivity contribution in [1.82, 2.24) is 4.98 Å². The third-order valence-electron chi connectivity index (χ3n) is 1.76. The Morgan fingerprint density at radius 2 is 2.33 bits per heavy atom. The van der Waals surface area contributed by atoms with Crippen molar-refractivity contribution < 1.29 is 4.74 Å². The molecule has 1 heterocycles. The van der Waals surface area contributed by atoms with Crippen LogP contribution in [-0.4, -0.2) is 4.98 Å². The van der Waals surface area contributed by atoms with Crippen LogP contribution in [0.5, 0.6) is 11.6 Å². The molecule has 0 aliphatic carbocycles. The molecule has 0 unspecified atom stereocenters. The minimum Gasteiger partial charge on any atom is -0.439 e. The molecular weight excluding hydrogens is 188 g/mol. The lowest BCUT2D eigenvalue weighted by Gasteiger charge is -2.03. The summed E-state index contributed by atoms with van der Waals surface area (Å²) >= 11 is 0. The van der Waals surface area contributed by atoms with E-state index in [4.69, 9.17) is 10.00 Å². The zero-order chi connectivity index (χ0) is 10.5. The first-order valence-electron chi connectivity index (χ1n) is 4.38. The van der Waals surface area contributed by atoms with E-state index in [1.165, 1.54) is 0 Å². The summed E-state index contributed by atoms with van der Waals surface area (Å²) in [5.41, 5.74) is 0.528. The Hall–Kier alpha value is -2.34. The second kappa shape index (κ2) is 4.25. The van der Waals surface area contributed by atoms with Crippen molar-refractivity contribution in [2.24, 2.45) is 0 Å². The molecule has 71 valence electrons. The van der Waals surface area contributed by atoms with Crippen molar-refractivity contribution in [2.75, 3.05) is 0 Å². The quantitative estimate of drug-likeness (QED) is 0.739. The van der Waals surface area contributed by atoms with E-state index in [0.29, 0.717) is 17.2 Å². The molecule has 0 N–H and O–H groups in total. The van der Waals surface area contributed by atoms with Gasteiger partial charge in [0, 0.05) is 12.3 Å². The summed E-state index contributed by atoms with van der Waals surface area (Å²) in [5, 5.41) is 8.69. The summed E-state index contributed by atoms with van der Waals surface area (Å²) < 4.78 is 5.43. The van der Waals surface area contributed by atoms with E-state index in [-0.39, 0.29) is 0 Å². The number of rotatable bonds is 2. The number of hydrogen-bond acceptors (Lipinski definition) is 3. The van der Waals surface area contributed by atoms with E-state index in [9.17, 15) is 0 Å². The smallest absolute Gasteiger partial charge is 0.220 e. The van der Waals surface area contributed by atoms with Gasteiger partial charge in [-0.1, -0.05) is 12.1 Å². The Kier molecular flexibility index (Phi) is 2.61. The zero-order valence-corrected chi connectivity index (χ0v) is 7.84. The minimum absolute atomic E-state index is 0.411. The van der Waals surface area contributed by atoms with Gasteiger partial charge in [0.05, 0.1) is 11.6 Å². The molecule has 0 fully saturated rings. The number of nitrogens with zero attached hydrogens (tertiary/aromatic N) is 2. The van der Waals surface area contributed by atoms with Crippen LogP contribution in [0.4, 0.5) is 0 Å². The van der Waals surface area contributed by atoms with Gasteiger partial charge in [-0.05, 0) is 24.3 Å². The van der Waals surface area contributed by atoms with Crippen LogP contribution < -0.4 is 4.74 Å². The average molecular weight is 195 g/mol. The highest BCUT2D eigenvalue weighted by Gasteiger charge is 1.98. The van der Waals surface area contributed by atoms with Crippen molar-refractivity contribution in [1.29, 1.82) is 5.26 Å². The van der Waals surface area contributed by atoms with Crippen LogP contribution in [0.3, 0.4) is 0 Å². The van der Waals surface area contributed by atoms with Crippen LogP contribution in [0, 0.1) is 17.4 Å². The molecule has 3 nitrogen and oxygen atoms in total. The molecule has 0 aliphatic rings. The Bertz CT molecular complexity index is 488. The minimum atomic E-state index is 0.411. The first-order chi connectivity index (χ1) is 7.38. The van der Waals surface area contributed by atoms with Gasteiger partial charge >= 0.3 is 0 Å². The summed E-state index contributed by atoms with van der Waals surface area (Å²) in [6.45, 7) is 0. The Labute approximate surface area is 87.6 Å². The summed E-state index contributed by atoms with van der Waals surface area (Å²) in [7, 11) is 0. The van der Waals surface area contributed by atoms with E-state index in [0.717, 1.165) is 0 Å². The fourth-order valence-electron chi connectivity index (χ4n) is 1.10. The molecule has 0 bridgehead atoms. The van der Waals surface area contributed by atoms with E-state index < -0.39 is 0 Å². The topological polar surface area (TPSA) is 45.9 Å². The van der Waals surface area contributed by atoms with Crippen LogP contribution in [0.2, 0.25) is 0 Å². The van der Waals surface area contributed by atoms with Crippen molar-refractivity contribution in [2.45, 2.75) is 0 Å². The number of aromatic nitrogens is 1. The molecule has 0 saturated carbocycles. The van der Waals surface area contributed by atoms with E-state index in [2.05, 4.69) is 11.1 Å². The monoisotopic (exact) mass is 195 g/mol. The highest BCUT2D eigenvalue weighted by Crippen LogP contribution is 2.18. The van der Waals surface area contributed by atoms with Gasteiger partial charge in [0.2, 0.25) is 5.88 Å². The van der Waals surface area contributed by atoms with Gasteiger partial charge in [0.15, 0.2) is 0 Å². The van der Waals surface area contributed by atoms with Gasteiger partial charge in [-0.3, -0.25) is 0 Å². The average Bonchev–Trinajstić information content (AvgIpc) is 2.31. The van der Waals surface area contributed by atoms with Gasteiger partial charge in [-0.2, -0.15) is 5.26 Å². The Balaban J connectivity index is 2.22. The normalized spacial score (nSPS) is 9.27. The van der Waals surface area contributed by atoms with Gasteiger partial charge in [-0.15, -0.1) is 0 Å². The van der Waals surface area contributed by atoms with Crippen molar-refractivity contribution in [3.63, 3.8) is 0 Å². The van der Waals surface area contributed by atoms with Crippen LogP contribution >= 0.6 is 0 Å². The number of benzene rings is 1. The number of hydrogen-bond donors (Lipinski definition) is 0. The van der Waals surface area contributed by atoms with Gasteiger partial charge in [0.1, 0.15) is 5.75 Å². The molecule has 0 atom stereocenters. The molecule has 2 aromatic rings. The van der Waals surface area contributed by atoms with Gasteiger partial charge in [0.25, 0.3) is 0 Å². The van der Waals surface area contributed by atoms with Crippen LogP contribution in [0.25, 0.3) is 0 Å². The predicted molar refractivity (Wildman–Crippen MR) is 54.3 cm³/mol. The SMILES string of the molecule is N#Cc1ccnc(Oc2c[c]ccc2)c1. The highest BCUT2D eigenvalue weighted by molar-refractivity contribution is 5.33. The first-order valence-corrected chi connectivity index (χ1v) is 4.38. The molecule has 15 heavy (non-hydrogen) atoms. The van der Waals surface area contributed by atoms with Crippen molar-refractivity contribution in [3.8, 4) is 17.7 Å². The maximum absolute atomic E-state index is 8.69. The molecule has 2 rings (SSSR count). The molecule has 1 aromatic heterocycles. The Morgan fingerprint density at radius 1 is 1.40 bits per heavy atom. The highest BCUT2D eigenvalue weighted by atomic mass is 16.5. The molecule has 0 aliphatic heterocycles. The fraction of sp³-hybridized carbons (Fsp3) is 0. The maximum atomic E-state index is 8.69. The maximum Gasteiger partial charge on any atom is 0.220 e. The van der Waals surface area contributed by atoms with E-state index in [1.54, 1.807) is 36.5 Å². The summed E-state index contributed by atoms with van der Waals surface area (Å²) in [4.78, 5) is 4.00. The lowest BCUT2D eigenvalue weighted by Crippen LogP contribution is -1.87.